The summed E-state index contributed by atoms with van der Waals surface area (Å²) in [5, 5.41) is 4.90. The van der Waals surface area contributed by atoms with Gasteiger partial charge in [0.05, 0.1) is 0 Å². The summed E-state index contributed by atoms with van der Waals surface area (Å²) in [6.07, 6.45) is 8.33. The van der Waals surface area contributed by atoms with Crippen molar-refractivity contribution in [3.05, 3.63) is 28.0 Å². The smallest absolute Gasteiger partial charge is 0.407 e. The number of thiophene rings is 1. The second kappa shape index (κ2) is 8.88. The Bertz CT molecular complexity index is 458. The molecule has 1 aromatic rings. The van der Waals surface area contributed by atoms with Crippen LogP contribution < -0.4 is 5.32 Å². The first kappa shape index (κ1) is 17.8. The minimum absolute atomic E-state index is 0.351. The molecule has 0 saturated carbocycles. The van der Waals surface area contributed by atoms with Gasteiger partial charge in [-0.2, -0.15) is 0 Å². The minimum Gasteiger partial charge on any atom is -0.444 e. The number of hydrogen-bond acceptors (Lipinski definition) is 3. The lowest BCUT2D eigenvalue weighted by molar-refractivity contribution is 0.0529. The zero-order valence-electron chi connectivity index (χ0n) is 13.6. The monoisotopic (exact) mass is 309 g/mol. The Labute approximate surface area is 132 Å². The number of amides is 1. The zero-order chi connectivity index (χ0) is 15.7. The zero-order valence-corrected chi connectivity index (χ0v) is 14.4. The molecule has 1 heterocycles. The number of nitrogens with one attached hydrogen (secondary N) is 1. The lowest BCUT2D eigenvalue weighted by Gasteiger charge is -2.19. The lowest BCUT2D eigenvalue weighted by atomic mass is 10.1. The fourth-order valence-electron chi connectivity index (χ4n) is 1.83. The summed E-state index contributed by atoms with van der Waals surface area (Å²) >= 11 is 1.77. The second-order valence-corrected chi connectivity index (χ2v) is 6.98. The van der Waals surface area contributed by atoms with Crippen LogP contribution >= 0.6 is 11.3 Å². The number of carbonyl (C=O) groups is 1. The highest BCUT2D eigenvalue weighted by molar-refractivity contribution is 7.11. The molecule has 0 saturated heterocycles. The molecule has 0 unspecified atom stereocenters. The van der Waals surface area contributed by atoms with Crippen molar-refractivity contribution in [1.29, 1.82) is 0 Å². The van der Waals surface area contributed by atoms with Crippen molar-refractivity contribution in [2.75, 3.05) is 6.54 Å². The molecule has 1 amide bonds. The molecule has 0 aromatic carbocycles. The predicted octanol–water partition coefficient (Wildman–Crippen LogP) is 5.02. The van der Waals surface area contributed by atoms with Gasteiger partial charge in [-0.25, -0.2) is 4.79 Å². The quantitative estimate of drug-likeness (QED) is 0.718. The number of unbranched alkanes of at least 4 members (excludes halogenated alkanes) is 1. The first-order valence-corrected chi connectivity index (χ1v) is 8.50. The average Bonchev–Trinajstić information content (AvgIpc) is 2.81. The van der Waals surface area contributed by atoms with Crippen LogP contribution in [-0.2, 0) is 11.2 Å². The Kier molecular flexibility index (Phi) is 7.51. The molecule has 3 nitrogen and oxygen atoms in total. The summed E-state index contributed by atoms with van der Waals surface area (Å²) in [7, 11) is 0. The molecule has 0 aliphatic heterocycles. The normalized spacial score (nSPS) is 11.8. The number of carbonyl (C=O) groups excluding carboxylic acids is 1. The van der Waals surface area contributed by atoms with Crippen LogP contribution in [0.1, 0.15) is 57.4 Å². The van der Waals surface area contributed by atoms with Crippen molar-refractivity contribution in [3.63, 3.8) is 0 Å². The van der Waals surface area contributed by atoms with Crippen molar-refractivity contribution in [3.8, 4) is 0 Å². The highest BCUT2D eigenvalue weighted by Gasteiger charge is 2.15. The fourth-order valence-corrected chi connectivity index (χ4v) is 2.70. The van der Waals surface area contributed by atoms with Gasteiger partial charge in [-0.05, 0) is 63.1 Å². The number of hydrogen-bond donors (Lipinski definition) is 1. The van der Waals surface area contributed by atoms with Gasteiger partial charge < -0.3 is 10.1 Å². The summed E-state index contributed by atoms with van der Waals surface area (Å²) < 4.78 is 5.18. The number of aryl methyl sites for hydroxylation is 1. The van der Waals surface area contributed by atoms with Crippen molar-refractivity contribution < 1.29 is 9.53 Å². The van der Waals surface area contributed by atoms with Gasteiger partial charge in [0.15, 0.2) is 0 Å². The fraction of sp³-hybridized carbons (Fsp3) is 0.588. The second-order valence-electron chi connectivity index (χ2n) is 6.03. The maximum Gasteiger partial charge on any atom is 0.407 e. The number of alkyl carbamates (subject to hydrolysis) is 1. The van der Waals surface area contributed by atoms with Gasteiger partial charge in [0.2, 0.25) is 0 Å². The third-order valence-electron chi connectivity index (χ3n) is 2.83. The molecule has 4 heteroatoms. The topological polar surface area (TPSA) is 38.3 Å². The Morgan fingerprint density at radius 1 is 1.43 bits per heavy atom. The van der Waals surface area contributed by atoms with Crippen LogP contribution in [0.3, 0.4) is 0 Å². The molecule has 0 aliphatic rings. The molecule has 1 rings (SSSR count). The van der Waals surface area contributed by atoms with Crippen LogP contribution in [0.4, 0.5) is 4.79 Å². The molecule has 0 atom stereocenters. The molecule has 0 aliphatic carbocycles. The highest BCUT2D eigenvalue weighted by atomic mass is 32.1. The van der Waals surface area contributed by atoms with Gasteiger partial charge in [-0.1, -0.05) is 19.4 Å². The molecule has 0 spiro atoms. The average molecular weight is 309 g/mol. The third kappa shape index (κ3) is 7.90. The van der Waals surface area contributed by atoms with Gasteiger partial charge in [0.25, 0.3) is 0 Å². The van der Waals surface area contributed by atoms with E-state index in [4.69, 9.17) is 4.74 Å². The SMILES string of the molecule is CCCCc1ccsc1C=CCCNC(=O)OC(C)(C)C. The number of rotatable bonds is 7. The van der Waals surface area contributed by atoms with Crippen LogP contribution in [0.5, 0.6) is 0 Å². The Morgan fingerprint density at radius 2 is 2.19 bits per heavy atom. The third-order valence-corrected chi connectivity index (χ3v) is 3.75. The summed E-state index contributed by atoms with van der Waals surface area (Å²) in [4.78, 5) is 12.8. The summed E-state index contributed by atoms with van der Waals surface area (Å²) in [5.74, 6) is 0. The van der Waals surface area contributed by atoms with Crippen molar-refractivity contribution >= 4 is 23.5 Å². The minimum atomic E-state index is -0.439. The Balaban J connectivity index is 2.29. The lowest BCUT2D eigenvalue weighted by Crippen LogP contribution is -2.32. The van der Waals surface area contributed by atoms with E-state index in [2.05, 4.69) is 35.8 Å². The van der Waals surface area contributed by atoms with Crippen molar-refractivity contribution in [1.82, 2.24) is 5.32 Å². The van der Waals surface area contributed by atoms with E-state index in [9.17, 15) is 4.79 Å². The molecular formula is C17H27NO2S. The van der Waals surface area contributed by atoms with Crippen LogP contribution in [0.2, 0.25) is 0 Å². The van der Waals surface area contributed by atoms with Crippen LogP contribution in [-0.4, -0.2) is 18.2 Å². The van der Waals surface area contributed by atoms with Gasteiger partial charge in [0.1, 0.15) is 5.60 Å². The summed E-state index contributed by atoms with van der Waals surface area (Å²) in [5.41, 5.74) is 0.989. The van der Waals surface area contributed by atoms with E-state index in [1.807, 2.05) is 20.8 Å². The number of ether oxygens (including phenoxy) is 1. The van der Waals surface area contributed by atoms with E-state index < -0.39 is 5.60 Å². The standard InChI is InChI=1S/C17H27NO2S/c1-5-6-9-14-11-13-21-15(14)10-7-8-12-18-16(19)20-17(2,3)4/h7,10-11,13H,5-6,8-9,12H2,1-4H3,(H,18,19). The van der Waals surface area contributed by atoms with Gasteiger partial charge in [-0.15, -0.1) is 11.3 Å². The van der Waals surface area contributed by atoms with Crippen LogP contribution in [0.25, 0.3) is 6.08 Å². The van der Waals surface area contributed by atoms with Crippen molar-refractivity contribution in [2.45, 2.75) is 59.0 Å². The summed E-state index contributed by atoms with van der Waals surface area (Å²) in [6.45, 7) is 8.40. The molecule has 0 fully saturated rings. The van der Waals surface area contributed by atoms with Crippen LogP contribution in [0, 0.1) is 0 Å². The first-order valence-electron chi connectivity index (χ1n) is 7.62. The van der Waals surface area contributed by atoms with E-state index in [-0.39, 0.29) is 6.09 Å². The maximum atomic E-state index is 11.5. The van der Waals surface area contributed by atoms with E-state index >= 15 is 0 Å². The van der Waals surface area contributed by atoms with Crippen molar-refractivity contribution in [2.24, 2.45) is 0 Å². The molecule has 21 heavy (non-hydrogen) atoms. The van der Waals surface area contributed by atoms with Gasteiger partial charge in [0, 0.05) is 11.4 Å². The predicted molar refractivity (Wildman–Crippen MR) is 90.8 cm³/mol. The van der Waals surface area contributed by atoms with E-state index in [0.717, 1.165) is 12.8 Å². The molecule has 118 valence electrons. The molecule has 0 bridgehead atoms. The molecular weight excluding hydrogens is 282 g/mol. The van der Waals surface area contributed by atoms with E-state index in [1.165, 1.54) is 23.3 Å². The molecule has 0 radical (unpaired) electrons. The maximum absolute atomic E-state index is 11.5. The Hall–Kier alpha value is -1.29. The first-order chi connectivity index (χ1) is 9.92. The largest absolute Gasteiger partial charge is 0.444 e. The van der Waals surface area contributed by atoms with Crippen LogP contribution in [0.15, 0.2) is 17.5 Å². The Morgan fingerprint density at radius 3 is 2.86 bits per heavy atom. The highest BCUT2D eigenvalue weighted by Crippen LogP contribution is 2.20. The molecule has 1 aromatic heterocycles. The molecule has 1 N–H and O–H groups in total. The van der Waals surface area contributed by atoms with E-state index in [0.29, 0.717) is 6.54 Å². The van der Waals surface area contributed by atoms with Gasteiger partial charge >= 0.3 is 6.09 Å². The van der Waals surface area contributed by atoms with Gasteiger partial charge in [-0.3, -0.25) is 0 Å². The van der Waals surface area contributed by atoms with E-state index in [1.54, 1.807) is 11.3 Å². The summed E-state index contributed by atoms with van der Waals surface area (Å²) in [6, 6.07) is 2.21.